The van der Waals surface area contributed by atoms with E-state index >= 15 is 0 Å². The summed E-state index contributed by atoms with van der Waals surface area (Å²) in [6, 6.07) is 15.0. The molecule has 7 heteroatoms. The van der Waals surface area contributed by atoms with Crippen molar-refractivity contribution >= 4 is 11.7 Å². The summed E-state index contributed by atoms with van der Waals surface area (Å²) in [6.45, 7) is 5.80. The van der Waals surface area contributed by atoms with Crippen LogP contribution in [0.3, 0.4) is 0 Å². The van der Waals surface area contributed by atoms with Gasteiger partial charge in [0.05, 0.1) is 6.20 Å². The Morgan fingerprint density at radius 3 is 2.61 bits per heavy atom. The Balaban J connectivity index is 1.82. The van der Waals surface area contributed by atoms with Gasteiger partial charge in [-0.1, -0.05) is 38.1 Å². The molecule has 0 saturated heterocycles. The Morgan fingerprint density at radius 2 is 1.93 bits per heavy atom. The van der Waals surface area contributed by atoms with Gasteiger partial charge >= 0.3 is 0 Å². The van der Waals surface area contributed by atoms with Crippen LogP contribution in [0.2, 0.25) is 0 Å². The van der Waals surface area contributed by atoms with Crippen LogP contribution < -0.4 is 10.1 Å². The monoisotopic (exact) mass is 375 g/mol. The first-order valence-corrected chi connectivity index (χ1v) is 8.97. The van der Waals surface area contributed by atoms with Crippen molar-refractivity contribution in [1.82, 2.24) is 14.8 Å². The fraction of sp³-hybridized carbons (Fsp3) is 0.238. The van der Waals surface area contributed by atoms with E-state index in [0.717, 1.165) is 5.56 Å². The maximum Gasteiger partial charge on any atom is 0.266 e. The van der Waals surface area contributed by atoms with Crippen LogP contribution >= 0.6 is 0 Å². The first kappa shape index (κ1) is 19.1. The molecule has 2 aromatic heterocycles. The number of para-hydroxylation sites is 1. The number of nitrogens with one attached hydrogen (secondary N) is 1. The average Bonchev–Trinajstić information content (AvgIpc) is 3.11. The standard InChI is InChI=1S/C21H21N5O2/c1-14(2)17-8-4-5-9-18(17)28-15(3)21(27)25-20-16(12-22)13-24-26(20)19-10-6-7-11-23-19/h4-11,13-15H,1-3H3,(H,25,27). The summed E-state index contributed by atoms with van der Waals surface area (Å²) >= 11 is 0. The van der Waals surface area contributed by atoms with Crippen molar-refractivity contribution in [3.8, 4) is 17.6 Å². The van der Waals surface area contributed by atoms with Crippen LogP contribution in [-0.2, 0) is 4.79 Å². The number of benzene rings is 1. The summed E-state index contributed by atoms with van der Waals surface area (Å²) in [4.78, 5) is 17.0. The van der Waals surface area contributed by atoms with Crippen molar-refractivity contribution in [1.29, 1.82) is 5.26 Å². The minimum atomic E-state index is -0.765. The summed E-state index contributed by atoms with van der Waals surface area (Å²) in [5.74, 6) is 1.31. The van der Waals surface area contributed by atoms with Gasteiger partial charge < -0.3 is 10.1 Å². The van der Waals surface area contributed by atoms with Gasteiger partial charge in [0, 0.05) is 6.20 Å². The van der Waals surface area contributed by atoms with Crippen molar-refractivity contribution < 1.29 is 9.53 Å². The van der Waals surface area contributed by atoms with E-state index in [1.807, 2.05) is 30.3 Å². The van der Waals surface area contributed by atoms with Gasteiger partial charge in [0.15, 0.2) is 17.7 Å². The van der Waals surface area contributed by atoms with Gasteiger partial charge in [-0.15, -0.1) is 0 Å². The van der Waals surface area contributed by atoms with Crippen LogP contribution in [0.4, 0.5) is 5.82 Å². The Morgan fingerprint density at radius 1 is 1.18 bits per heavy atom. The second-order valence-electron chi connectivity index (χ2n) is 6.56. The van der Waals surface area contributed by atoms with Crippen LogP contribution in [-0.4, -0.2) is 26.8 Å². The predicted molar refractivity (Wildman–Crippen MR) is 105 cm³/mol. The fourth-order valence-electron chi connectivity index (χ4n) is 2.73. The highest BCUT2D eigenvalue weighted by atomic mass is 16.5. The van der Waals surface area contributed by atoms with Crippen molar-refractivity contribution in [2.24, 2.45) is 0 Å². The zero-order valence-corrected chi connectivity index (χ0v) is 16.0. The molecule has 0 saturated carbocycles. The molecule has 0 radical (unpaired) electrons. The number of amides is 1. The van der Waals surface area contributed by atoms with Crippen molar-refractivity contribution in [2.45, 2.75) is 32.8 Å². The number of hydrogen-bond donors (Lipinski definition) is 1. The Kier molecular flexibility index (Phi) is 5.70. The van der Waals surface area contributed by atoms with Gasteiger partial charge in [0.1, 0.15) is 17.4 Å². The molecule has 0 bridgehead atoms. The van der Waals surface area contributed by atoms with E-state index < -0.39 is 6.10 Å². The Hall–Kier alpha value is -3.66. The molecule has 0 spiro atoms. The fourth-order valence-corrected chi connectivity index (χ4v) is 2.73. The first-order valence-electron chi connectivity index (χ1n) is 8.97. The molecule has 1 unspecified atom stereocenters. The van der Waals surface area contributed by atoms with Gasteiger partial charge in [-0.3, -0.25) is 4.79 Å². The normalized spacial score (nSPS) is 11.7. The predicted octanol–water partition coefficient (Wildman–Crippen LogP) is 3.67. The van der Waals surface area contributed by atoms with E-state index in [4.69, 9.17) is 4.74 Å². The van der Waals surface area contributed by atoms with Crippen LogP contribution in [0.1, 0.15) is 37.8 Å². The molecule has 142 valence electrons. The summed E-state index contributed by atoms with van der Waals surface area (Å²) in [7, 11) is 0. The van der Waals surface area contributed by atoms with Crippen LogP contribution in [0.5, 0.6) is 5.75 Å². The van der Waals surface area contributed by atoms with Crippen molar-refractivity contribution in [3.05, 3.63) is 66.0 Å². The number of ether oxygens (including phenoxy) is 1. The third-order valence-corrected chi connectivity index (χ3v) is 4.21. The number of carbonyl (C=O) groups excluding carboxylic acids is 1. The number of hydrogen-bond acceptors (Lipinski definition) is 5. The van der Waals surface area contributed by atoms with Gasteiger partial charge in [0.25, 0.3) is 5.91 Å². The number of pyridine rings is 1. The Labute approximate surface area is 163 Å². The van der Waals surface area contributed by atoms with E-state index in [9.17, 15) is 10.1 Å². The lowest BCUT2D eigenvalue weighted by atomic mass is 10.0. The maximum absolute atomic E-state index is 12.7. The molecule has 28 heavy (non-hydrogen) atoms. The molecule has 1 amide bonds. The molecule has 2 heterocycles. The van der Waals surface area contributed by atoms with Gasteiger partial charge in [-0.25, -0.2) is 4.98 Å². The van der Waals surface area contributed by atoms with Crippen LogP contribution in [0.15, 0.2) is 54.9 Å². The molecule has 1 aromatic carbocycles. The molecule has 3 aromatic rings. The molecule has 0 aliphatic heterocycles. The van der Waals surface area contributed by atoms with E-state index in [-0.39, 0.29) is 23.2 Å². The number of aromatic nitrogens is 3. The highest BCUT2D eigenvalue weighted by Crippen LogP contribution is 2.27. The lowest BCUT2D eigenvalue weighted by molar-refractivity contribution is -0.122. The van der Waals surface area contributed by atoms with E-state index in [2.05, 4.69) is 29.2 Å². The lowest BCUT2D eigenvalue weighted by Crippen LogP contribution is -2.31. The van der Waals surface area contributed by atoms with E-state index in [1.54, 1.807) is 31.3 Å². The highest BCUT2D eigenvalue weighted by molar-refractivity contribution is 5.94. The Bertz CT molecular complexity index is 1010. The number of anilines is 1. The van der Waals surface area contributed by atoms with Gasteiger partial charge in [0.2, 0.25) is 0 Å². The summed E-state index contributed by atoms with van der Waals surface area (Å²) in [5.41, 5.74) is 1.27. The van der Waals surface area contributed by atoms with E-state index in [1.165, 1.54) is 10.9 Å². The first-order chi connectivity index (χ1) is 13.5. The zero-order valence-electron chi connectivity index (χ0n) is 16.0. The topological polar surface area (TPSA) is 92.8 Å². The van der Waals surface area contributed by atoms with Crippen LogP contribution in [0, 0.1) is 11.3 Å². The number of carbonyl (C=O) groups is 1. The molecule has 1 atom stereocenters. The second kappa shape index (κ2) is 8.35. The molecule has 3 rings (SSSR count). The van der Waals surface area contributed by atoms with Gasteiger partial charge in [-0.05, 0) is 36.6 Å². The third-order valence-electron chi connectivity index (χ3n) is 4.21. The number of nitriles is 1. The molecular weight excluding hydrogens is 354 g/mol. The summed E-state index contributed by atoms with van der Waals surface area (Å²) in [5, 5.41) is 16.3. The second-order valence-corrected chi connectivity index (χ2v) is 6.56. The quantitative estimate of drug-likeness (QED) is 0.709. The highest BCUT2D eigenvalue weighted by Gasteiger charge is 2.21. The van der Waals surface area contributed by atoms with Crippen molar-refractivity contribution in [2.75, 3.05) is 5.32 Å². The summed E-state index contributed by atoms with van der Waals surface area (Å²) in [6.07, 6.45) is 2.24. The smallest absolute Gasteiger partial charge is 0.266 e. The van der Waals surface area contributed by atoms with E-state index in [0.29, 0.717) is 11.6 Å². The molecule has 0 aliphatic carbocycles. The molecule has 1 N–H and O–H groups in total. The minimum absolute atomic E-state index is 0.244. The molecule has 0 aliphatic rings. The number of nitrogens with zero attached hydrogens (tertiary/aromatic N) is 4. The maximum atomic E-state index is 12.7. The largest absolute Gasteiger partial charge is 0.481 e. The average molecular weight is 375 g/mol. The molecular formula is C21H21N5O2. The summed E-state index contributed by atoms with van der Waals surface area (Å²) < 4.78 is 7.32. The minimum Gasteiger partial charge on any atom is -0.481 e. The van der Waals surface area contributed by atoms with Crippen molar-refractivity contribution in [3.63, 3.8) is 0 Å². The number of rotatable bonds is 6. The molecule has 0 fully saturated rings. The third kappa shape index (κ3) is 4.01. The van der Waals surface area contributed by atoms with Crippen LogP contribution in [0.25, 0.3) is 5.82 Å². The lowest BCUT2D eigenvalue weighted by Gasteiger charge is -2.19. The SMILES string of the molecule is CC(Oc1ccccc1C(C)C)C(=O)Nc1c(C#N)cnn1-c1ccccn1. The zero-order chi connectivity index (χ0) is 20.1. The van der Waals surface area contributed by atoms with Gasteiger partial charge in [-0.2, -0.15) is 15.0 Å². The molecule has 7 nitrogen and oxygen atoms in total.